The van der Waals surface area contributed by atoms with Gasteiger partial charge in [-0.2, -0.15) is 11.8 Å². The molecular weight excluding hydrogens is 518 g/mol. The van der Waals surface area contributed by atoms with E-state index in [1.54, 1.807) is 44.4 Å². The van der Waals surface area contributed by atoms with E-state index in [1.807, 2.05) is 59.1 Å². The zero-order chi connectivity index (χ0) is 30.0. The number of carbonyl (C=O) groups is 4. The number of alkyl carbamates (subject to hydrolysis) is 1. The van der Waals surface area contributed by atoms with Gasteiger partial charge >= 0.3 is 12.1 Å². The summed E-state index contributed by atoms with van der Waals surface area (Å²) in [5, 5.41) is 5.59. The SMILES string of the molecule is CCOC(=O)CCNC(=O)C(c1c(C)cccc1C)N(C(=O)C(CCSC)NC(=O)OC(C)(C)C)C(C)(C)C. The van der Waals surface area contributed by atoms with Crippen molar-refractivity contribution in [2.45, 2.75) is 98.4 Å². The first kappa shape index (κ1) is 34.3. The van der Waals surface area contributed by atoms with Gasteiger partial charge in [0.25, 0.3) is 0 Å². The highest BCUT2D eigenvalue weighted by Gasteiger charge is 2.42. The summed E-state index contributed by atoms with van der Waals surface area (Å²) in [6.07, 6.45) is 1.60. The van der Waals surface area contributed by atoms with Crippen molar-refractivity contribution in [3.63, 3.8) is 0 Å². The van der Waals surface area contributed by atoms with Crippen LogP contribution in [0.15, 0.2) is 18.2 Å². The molecule has 1 rings (SSSR count). The van der Waals surface area contributed by atoms with E-state index < -0.39 is 47.1 Å². The van der Waals surface area contributed by atoms with Crippen LogP contribution in [0.5, 0.6) is 0 Å². The van der Waals surface area contributed by atoms with Gasteiger partial charge in [-0.3, -0.25) is 14.4 Å². The zero-order valence-electron chi connectivity index (χ0n) is 25.2. The van der Waals surface area contributed by atoms with Gasteiger partial charge in [0.05, 0.1) is 13.0 Å². The second kappa shape index (κ2) is 15.1. The Morgan fingerprint density at radius 1 is 1.03 bits per heavy atom. The summed E-state index contributed by atoms with van der Waals surface area (Å²) >= 11 is 1.55. The number of ether oxygens (including phenoxy) is 2. The fraction of sp³-hybridized carbons (Fsp3) is 0.655. The van der Waals surface area contributed by atoms with Crippen molar-refractivity contribution >= 4 is 35.6 Å². The molecule has 0 fully saturated rings. The third-order valence-corrected chi connectivity index (χ3v) is 6.46. The van der Waals surface area contributed by atoms with Crippen LogP contribution < -0.4 is 10.6 Å². The van der Waals surface area contributed by atoms with Crippen LogP contribution in [0.25, 0.3) is 0 Å². The van der Waals surface area contributed by atoms with Crippen LogP contribution in [-0.2, 0) is 23.9 Å². The number of hydrogen-bond acceptors (Lipinski definition) is 7. The van der Waals surface area contributed by atoms with E-state index in [-0.39, 0.29) is 19.6 Å². The largest absolute Gasteiger partial charge is 0.466 e. The Kier molecular flexibility index (Phi) is 13.3. The maximum absolute atomic E-state index is 14.3. The topological polar surface area (TPSA) is 114 Å². The standard InChI is InChI=1S/C29H47N3O6S/c1-11-37-22(33)15-17-30-25(34)24(23-19(2)13-12-14-20(23)3)32(28(4,5)6)26(35)21(16-18-39-10)31-27(36)38-29(7,8)9/h12-14,21,24H,11,15-18H2,1-10H3,(H,30,34)(H,31,36). The highest BCUT2D eigenvalue weighted by molar-refractivity contribution is 7.98. The summed E-state index contributed by atoms with van der Waals surface area (Å²) < 4.78 is 10.4. The Hall–Kier alpha value is -2.75. The lowest BCUT2D eigenvalue weighted by Gasteiger charge is -2.43. The van der Waals surface area contributed by atoms with Gasteiger partial charge in [-0.1, -0.05) is 18.2 Å². The highest BCUT2D eigenvalue weighted by atomic mass is 32.2. The Balaban J connectivity index is 3.56. The number of esters is 1. The number of aryl methyl sites for hydroxylation is 2. The van der Waals surface area contributed by atoms with E-state index in [0.717, 1.165) is 11.1 Å². The molecule has 10 heteroatoms. The molecule has 2 atom stereocenters. The summed E-state index contributed by atoms with van der Waals surface area (Å²) in [5.74, 6) is -0.607. The van der Waals surface area contributed by atoms with Crippen LogP contribution in [0.1, 0.15) is 84.0 Å². The molecule has 0 radical (unpaired) electrons. The first-order chi connectivity index (χ1) is 18.0. The predicted molar refractivity (Wildman–Crippen MR) is 156 cm³/mol. The van der Waals surface area contributed by atoms with E-state index in [4.69, 9.17) is 9.47 Å². The van der Waals surface area contributed by atoms with Crippen molar-refractivity contribution < 1.29 is 28.7 Å². The molecule has 0 heterocycles. The van der Waals surface area contributed by atoms with Crippen molar-refractivity contribution in [1.29, 1.82) is 0 Å². The number of thioether (sulfide) groups is 1. The van der Waals surface area contributed by atoms with E-state index in [0.29, 0.717) is 17.7 Å². The number of hydrogen-bond donors (Lipinski definition) is 2. The molecule has 0 saturated carbocycles. The van der Waals surface area contributed by atoms with Crippen molar-refractivity contribution in [3.8, 4) is 0 Å². The van der Waals surface area contributed by atoms with Crippen LogP contribution in [0.3, 0.4) is 0 Å². The van der Waals surface area contributed by atoms with Gasteiger partial charge in [0.1, 0.15) is 17.7 Å². The summed E-state index contributed by atoms with van der Waals surface area (Å²) in [6, 6.07) is 3.79. The maximum atomic E-state index is 14.3. The third-order valence-electron chi connectivity index (χ3n) is 5.82. The summed E-state index contributed by atoms with van der Waals surface area (Å²) in [6.45, 7) is 16.7. The minimum atomic E-state index is -1.00. The fourth-order valence-electron chi connectivity index (χ4n) is 4.21. The maximum Gasteiger partial charge on any atom is 0.408 e. The molecule has 9 nitrogen and oxygen atoms in total. The van der Waals surface area contributed by atoms with Gasteiger partial charge in [-0.15, -0.1) is 0 Å². The zero-order valence-corrected chi connectivity index (χ0v) is 26.0. The van der Waals surface area contributed by atoms with Crippen LogP contribution in [0, 0.1) is 13.8 Å². The van der Waals surface area contributed by atoms with Gasteiger partial charge in [0, 0.05) is 12.1 Å². The second-order valence-corrected chi connectivity index (χ2v) is 12.4. The lowest BCUT2D eigenvalue weighted by atomic mass is 9.90. The van der Waals surface area contributed by atoms with E-state index in [2.05, 4.69) is 10.6 Å². The number of nitrogens with one attached hydrogen (secondary N) is 2. The first-order valence-electron chi connectivity index (χ1n) is 13.3. The van der Waals surface area contributed by atoms with Crippen molar-refractivity contribution in [2.75, 3.05) is 25.2 Å². The van der Waals surface area contributed by atoms with Crippen LogP contribution in [0.2, 0.25) is 0 Å². The number of carbonyl (C=O) groups excluding carboxylic acids is 4. The summed E-state index contributed by atoms with van der Waals surface area (Å²) in [5.41, 5.74) is 0.866. The Morgan fingerprint density at radius 3 is 2.10 bits per heavy atom. The molecule has 220 valence electrons. The fourth-order valence-corrected chi connectivity index (χ4v) is 4.68. The van der Waals surface area contributed by atoms with Crippen LogP contribution in [0.4, 0.5) is 4.79 Å². The monoisotopic (exact) mass is 565 g/mol. The molecule has 39 heavy (non-hydrogen) atoms. The minimum absolute atomic E-state index is 0.0130. The molecular formula is C29H47N3O6S. The molecule has 0 saturated heterocycles. The van der Waals surface area contributed by atoms with Crippen molar-refractivity contribution in [1.82, 2.24) is 15.5 Å². The van der Waals surface area contributed by atoms with Gasteiger partial charge in [0.15, 0.2) is 0 Å². The van der Waals surface area contributed by atoms with Crippen LogP contribution >= 0.6 is 11.8 Å². The number of rotatable bonds is 12. The highest BCUT2D eigenvalue weighted by Crippen LogP contribution is 2.34. The predicted octanol–water partition coefficient (Wildman–Crippen LogP) is 4.69. The van der Waals surface area contributed by atoms with Crippen molar-refractivity contribution in [3.05, 3.63) is 34.9 Å². The molecule has 1 aromatic rings. The molecule has 0 aliphatic heterocycles. The van der Waals surface area contributed by atoms with Gasteiger partial charge in [0.2, 0.25) is 11.8 Å². The average molecular weight is 566 g/mol. The number of amides is 3. The molecule has 0 bridgehead atoms. The molecule has 3 amide bonds. The third kappa shape index (κ3) is 11.1. The van der Waals surface area contributed by atoms with E-state index in [1.165, 1.54) is 0 Å². The lowest BCUT2D eigenvalue weighted by molar-refractivity contribution is -0.149. The number of benzene rings is 1. The summed E-state index contributed by atoms with van der Waals surface area (Å²) in [7, 11) is 0. The molecule has 1 aromatic carbocycles. The van der Waals surface area contributed by atoms with Crippen molar-refractivity contribution in [2.24, 2.45) is 0 Å². The second-order valence-electron chi connectivity index (χ2n) is 11.4. The molecule has 0 aliphatic rings. The molecule has 0 aliphatic carbocycles. The van der Waals surface area contributed by atoms with Gasteiger partial charge in [-0.25, -0.2) is 4.79 Å². The smallest absolute Gasteiger partial charge is 0.408 e. The van der Waals surface area contributed by atoms with E-state index in [9.17, 15) is 19.2 Å². The lowest BCUT2D eigenvalue weighted by Crippen LogP contribution is -2.59. The summed E-state index contributed by atoms with van der Waals surface area (Å²) in [4.78, 5) is 54.3. The van der Waals surface area contributed by atoms with E-state index >= 15 is 0 Å². The minimum Gasteiger partial charge on any atom is -0.466 e. The number of nitrogens with zero attached hydrogens (tertiary/aromatic N) is 1. The Labute approximate surface area is 238 Å². The quantitative estimate of drug-likeness (QED) is 0.354. The normalized spacial score (nSPS) is 13.2. The van der Waals surface area contributed by atoms with Gasteiger partial charge in [-0.05, 0) is 97.4 Å². The Morgan fingerprint density at radius 2 is 1.62 bits per heavy atom. The molecule has 0 aromatic heterocycles. The van der Waals surface area contributed by atoms with Crippen LogP contribution in [-0.4, -0.2) is 71.1 Å². The molecule has 2 N–H and O–H groups in total. The molecule has 2 unspecified atom stereocenters. The molecule has 0 spiro atoms. The first-order valence-corrected chi connectivity index (χ1v) is 14.7. The van der Waals surface area contributed by atoms with Gasteiger partial charge < -0.3 is 25.0 Å². The average Bonchev–Trinajstić information content (AvgIpc) is 2.78. The Bertz CT molecular complexity index is 979.